The highest BCUT2D eigenvalue weighted by molar-refractivity contribution is 8.01. The number of hydrogen-bond acceptors (Lipinski definition) is 3. The van der Waals surface area contributed by atoms with Gasteiger partial charge in [0.05, 0.1) is 18.2 Å². The summed E-state index contributed by atoms with van der Waals surface area (Å²) < 4.78 is 26.4. The van der Waals surface area contributed by atoms with Gasteiger partial charge in [-0.25, -0.2) is 8.78 Å². The number of hydrogen-bond donors (Lipinski definition) is 1. The number of para-hydroxylation sites is 1. The molecule has 164 valence electrons. The molecule has 0 fully saturated rings. The maximum Gasteiger partial charge on any atom is 0.241 e. The van der Waals surface area contributed by atoms with Gasteiger partial charge in [-0.3, -0.25) is 9.59 Å². The van der Waals surface area contributed by atoms with Gasteiger partial charge in [0, 0.05) is 11.4 Å². The van der Waals surface area contributed by atoms with Gasteiger partial charge < -0.3 is 10.2 Å². The van der Waals surface area contributed by atoms with E-state index in [0.717, 1.165) is 21.7 Å². The molecule has 0 unspecified atom stereocenters. The fraction of sp³-hybridized carbons (Fsp3) is 0.200. The van der Waals surface area contributed by atoms with Crippen LogP contribution in [-0.2, 0) is 22.7 Å². The number of nitrogens with zero attached hydrogens (tertiary/aromatic N) is 1. The number of rotatable bonds is 6. The Bertz CT molecular complexity index is 1120. The van der Waals surface area contributed by atoms with Crippen molar-refractivity contribution in [1.82, 2.24) is 5.32 Å². The van der Waals surface area contributed by atoms with Crippen molar-refractivity contribution in [3.05, 3.63) is 95.6 Å². The summed E-state index contributed by atoms with van der Waals surface area (Å²) in [5.74, 6) is -1.67. The van der Waals surface area contributed by atoms with E-state index in [0.29, 0.717) is 0 Å². The van der Waals surface area contributed by atoms with Crippen LogP contribution in [0.15, 0.2) is 77.7 Å². The van der Waals surface area contributed by atoms with Gasteiger partial charge in [0.1, 0.15) is 16.9 Å². The fourth-order valence-electron chi connectivity index (χ4n) is 3.58. The third-order valence-electron chi connectivity index (χ3n) is 5.42. The summed E-state index contributed by atoms with van der Waals surface area (Å²) in [4.78, 5) is 28.8. The zero-order valence-electron chi connectivity index (χ0n) is 17.4. The molecular formula is C25H22F2N2O2S. The molecule has 0 radical (unpaired) electrons. The third-order valence-corrected chi connectivity index (χ3v) is 6.88. The lowest BCUT2D eigenvalue weighted by Gasteiger charge is -2.35. The number of thioether (sulfide) groups is 1. The van der Waals surface area contributed by atoms with Crippen molar-refractivity contribution in [2.75, 3.05) is 4.90 Å². The zero-order chi connectivity index (χ0) is 22.7. The summed E-state index contributed by atoms with van der Waals surface area (Å²) in [6.45, 7) is 2.28. The number of halogens is 2. The van der Waals surface area contributed by atoms with Crippen LogP contribution in [0.25, 0.3) is 0 Å². The standard InChI is InChI=1S/C25H22F2N2O2S/c1-16(24(30)28-14-17-6-10-19(26)11-7-17)23-25(31)29(15-18-8-12-20(27)13-9-18)21-4-2-3-5-22(21)32-23/h2-13,16,23H,14-15H2,1H3,(H,28,30)/t16-,23+/m0/s1. The second-order valence-corrected chi connectivity index (χ2v) is 8.87. The van der Waals surface area contributed by atoms with Crippen LogP contribution in [0.5, 0.6) is 0 Å². The van der Waals surface area contributed by atoms with E-state index >= 15 is 0 Å². The van der Waals surface area contributed by atoms with Crippen LogP contribution in [0, 0.1) is 17.6 Å². The highest BCUT2D eigenvalue weighted by Crippen LogP contribution is 2.42. The Morgan fingerprint density at radius 1 is 0.969 bits per heavy atom. The molecule has 1 N–H and O–H groups in total. The molecule has 3 aromatic carbocycles. The van der Waals surface area contributed by atoms with Crippen LogP contribution in [0.4, 0.5) is 14.5 Å². The van der Waals surface area contributed by atoms with Crippen molar-refractivity contribution >= 4 is 29.3 Å². The van der Waals surface area contributed by atoms with Gasteiger partial charge in [-0.2, -0.15) is 0 Å². The molecule has 0 aromatic heterocycles. The van der Waals surface area contributed by atoms with E-state index < -0.39 is 11.2 Å². The Labute approximate surface area is 189 Å². The summed E-state index contributed by atoms with van der Waals surface area (Å²) in [5, 5.41) is 2.25. The summed E-state index contributed by atoms with van der Waals surface area (Å²) >= 11 is 1.38. The van der Waals surface area contributed by atoms with Crippen LogP contribution in [0.2, 0.25) is 0 Å². The number of nitrogens with one attached hydrogen (secondary N) is 1. The summed E-state index contributed by atoms with van der Waals surface area (Å²) in [6.07, 6.45) is 0. The number of amides is 2. The molecule has 2 amide bonds. The Balaban J connectivity index is 1.51. The molecule has 1 aliphatic rings. The molecule has 0 spiro atoms. The normalized spacial score (nSPS) is 16.4. The number of benzene rings is 3. The largest absolute Gasteiger partial charge is 0.352 e. The zero-order valence-corrected chi connectivity index (χ0v) is 18.2. The Morgan fingerprint density at radius 2 is 1.56 bits per heavy atom. The van der Waals surface area contributed by atoms with Crippen LogP contribution in [-0.4, -0.2) is 17.1 Å². The van der Waals surface area contributed by atoms with E-state index in [4.69, 9.17) is 0 Å². The minimum Gasteiger partial charge on any atom is -0.352 e. The smallest absolute Gasteiger partial charge is 0.241 e. The first-order valence-corrected chi connectivity index (χ1v) is 11.1. The lowest BCUT2D eigenvalue weighted by atomic mass is 10.0. The summed E-state index contributed by atoms with van der Waals surface area (Å²) in [5.41, 5.74) is 2.36. The van der Waals surface area contributed by atoms with E-state index in [1.165, 1.54) is 36.0 Å². The van der Waals surface area contributed by atoms with Crippen molar-refractivity contribution in [2.45, 2.75) is 30.2 Å². The van der Waals surface area contributed by atoms with E-state index in [1.807, 2.05) is 24.3 Å². The third kappa shape index (κ3) is 4.83. The van der Waals surface area contributed by atoms with Gasteiger partial charge in [0.2, 0.25) is 11.8 Å². The first kappa shape index (κ1) is 22.0. The van der Waals surface area contributed by atoms with Gasteiger partial charge in [0.25, 0.3) is 0 Å². The number of anilines is 1. The van der Waals surface area contributed by atoms with Gasteiger partial charge >= 0.3 is 0 Å². The predicted octanol–water partition coefficient (Wildman–Crippen LogP) is 4.92. The van der Waals surface area contributed by atoms with Crippen LogP contribution >= 0.6 is 11.8 Å². The molecule has 1 heterocycles. The van der Waals surface area contributed by atoms with E-state index in [2.05, 4.69) is 5.32 Å². The molecule has 0 aliphatic carbocycles. The highest BCUT2D eigenvalue weighted by atomic mass is 32.2. The van der Waals surface area contributed by atoms with Crippen molar-refractivity contribution in [3.63, 3.8) is 0 Å². The van der Waals surface area contributed by atoms with E-state index in [9.17, 15) is 18.4 Å². The van der Waals surface area contributed by atoms with Crippen molar-refractivity contribution < 1.29 is 18.4 Å². The lowest BCUT2D eigenvalue weighted by Crippen LogP contribution is -2.47. The molecule has 32 heavy (non-hydrogen) atoms. The van der Waals surface area contributed by atoms with Crippen molar-refractivity contribution in [1.29, 1.82) is 0 Å². The van der Waals surface area contributed by atoms with Crippen LogP contribution in [0.1, 0.15) is 18.1 Å². The molecule has 1 aliphatic heterocycles. The van der Waals surface area contributed by atoms with Crippen LogP contribution < -0.4 is 10.2 Å². The highest BCUT2D eigenvalue weighted by Gasteiger charge is 2.39. The van der Waals surface area contributed by atoms with Crippen molar-refractivity contribution in [2.24, 2.45) is 5.92 Å². The lowest BCUT2D eigenvalue weighted by molar-refractivity contribution is -0.128. The molecule has 0 bridgehead atoms. The maximum absolute atomic E-state index is 13.4. The molecule has 3 aromatic rings. The second kappa shape index (κ2) is 9.53. The fourth-order valence-corrected chi connectivity index (χ4v) is 4.87. The van der Waals surface area contributed by atoms with E-state index in [1.54, 1.807) is 36.1 Å². The molecule has 0 saturated carbocycles. The van der Waals surface area contributed by atoms with Gasteiger partial charge in [-0.1, -0.05) is 43.3 Å². The minimum atomic E-state index is -0.599. The Morgan fingerprint density at radius 3 is 2.22 bits per heavy atom. The topological polar surface area (TPSA) is 49.4 Å². The first-order chi connectivity index (χ1) is 15.4. The quantitative estimate of drug-likeness (QED) is 0.577. The predicted molar refractivity (Wildman–Crippen MR) is 121 cm³/mol. The first-order valence-electron chi connectivity index (χ1n) is 10.3. The monoisotopic (exact) mass is 452 g/mol. The average Bonchev–Trinajstić information content (AvgIpc) is 2.81. The molecule has 2 atom stereocenters. The second-order valence-electron chi connectivity index (χ2n) is 7.69. The maximum atomic E-state index is 13.4. The van der Waals surface area contributed by atoms with Crippen molar-refractivity contribution in [3.8, 4) is 0 Å². The number of carbonyl (C=O) groups excluding carboxylic acids is 2. The summed E-state index contributed by atoms with van der Waals surface area (Å²) in [6, 6.07) is 19.5. The molecular weight excluding hydrogens is 430 g/mol. The number of fused-ring (bicyclic) bond motifs is 1. The minimum absolute atomic E-state index is 0.164. The Hall–Kier alpha value is -3.19. The van der Waals surface area contributed by atoms with Crippen LogP contribution in [0.3, 0.4) is 0 Å². The van der Waals surface area contributed by atoms with Gasteiger partial charge in [-0.05, 0) is 47.5 Å². The number of carbonyl (C=O) groups is 2. The SMILES string of the molecule is C[C@H](C(=O)NCc1ccc(F)cc1)[C@H]1Sc2ccccc2N(Cc2ccc(F)cc2)C1=O. The summed E-state index contributed by atoms with van der Waals surface area (Å²) in [7, 11) is 0. The molecule has 0 saturated heterocycles. The van der Waals surface area contributed by atoms with Gasteiger partial charge in [-0.15, -0.1) is 11.8 Å². The Kier molecular flexibility index (Phi) is 6.55. The average molecular weight is 453 g/mol. The molecule has 7 heteroatoms. The van der Waals surface area contributed by atoms with E-state index in [-0.39, 0.29) is 36.5 Å². The van der Waals surface area contributed by atoms with Gasteiger partial charge in [0.15, 0.2) is 0 Å². The molecule has 4 nitrogen and oxygen atoms in total. The molecule has 4 rings (SSSR count).